The van der Waals surface area contributed by atoms with Gasteiger partial charge < -0.3 is 9.67 Å². The van der Waals surface area contributed by atoms with Crippen molar-refractivity contribution in [2.45, 2.75) is 40.2 Å². The van der Waals surface area contributed by atoms with Gasteiger partial charge in [0.1, 0.15) is 0 Å². The molecule has 0 aliphatic rings. The normalized spacial score (nSPS) is 13.1. The van der Waals surface area contributed by atoms with E-state index in [2.05, 4.69) is 18.4 Å². The standard InChI is InChI=1S/C13H21NO2/c1-9(2)13(5-6-15)14-10(3)7-12(16)8-11(14)4/h7-9,13,15H,5-6H2,1-4H3. The molecule has 0 radical (unpaired) electrons. The lowest BCUT2D eigenvalue weighted by Gasteiger charge is -2.27. The van der Waals surface area contributed by atoms with Gasteiger partial charge in [0.05, 0.1) is 0 Å². The molecule has 0 saturated heterocycles. The van der Waals surface area contributed by atoms with E-state index in [-0.39, 0.29) is 18.1 Å². The molecule has 1 atom stereocenters. The third-order valence-electron chi connectivity index (χ3n) is 2.99. The van der Waals surface area contributed by atoms with E-state index in [1.807, 2.05) is 13.8 Å². The van der Waals surface area contributed by atoms with Crippen LogP contribution in [0, 0.1) is 19.8 Å². The summed E-state index contributed by atoms with van der Waals surface area (Å²) in [6.45, 7) is 8.34. The van der Waals surface area contributed by atoms with Gasteiger partial charge in [-0.25, -0.2) is 0 Å². The first-order valence-corrected chi connectivity index (χ1v) is 5.78. The fourth-order valence-corrected chi connectivity index (χ4v) is 2.29. The molecule has 0 amide bonds. The van der Waals surface area contributed by atoms with Crippen LogP contribution in [0.15, 0.2) is 16.9 Å². The summed E-state index contributed by atoms with van der Waals surface area (Å²) in [5, 5.41) is 9.11. The number of aryl methyl sites for hydroxylation is 2. The molecular formula is C13H21NO2. The topological polar surface area (TPSA) is 42.2 Å². The highest BCUT2D eigenvalue weighted by molar-refractivity contribution is 5.13. The quantitative estimate of drug-likeness (QED) is 0.848. The van der Waals surface area contributed by atoms with Crippen molar-refractivity contribution < 1.29 is 5.11 Å². The zero-order chi connectivity index (χ0) is 12.3. The average Bonchev–Trinajstić information content (AvgIpc) is 2.14. The van der Waals surface area contributed by atoms with Crippen LogP contribution < -0.4 is 5.43 Å². The van der Waals surface area contributed by atoms with Crippen LogP contribution in [0.2, 0.25) is 0 Å². The summed E-state index contributed by atoms with van der Waals surface area (Å²) in [6, 6.07) is 3.56. The first-order chi connectivity index (χ1) is 7.47. The van der Waals surface area contributed by atoms with E-state index in [1.54, 1.807) is 12.1 Å². The highest BCUT2D eigenvalue weighted by Gasteiger charge is 2.17. The van der Waals surface area contributed by atoms with Crippen molar-refractivity contribution in [3.63, 3.8) is 0 Å². The molecule has 0 aliphatic carbocycles. The Balaban J connectivity index is 3.23. The summed E-state index contributed by atoms with van der Waals surface area (Å²) in [6.07, 6.45) is 0.724. The van der Waals surface area contributed by atoms with Gasteiger partial charge in [-0.05, 0) is 26.2 Å². The van der Waals surface area contributed by atoms with Gasteiger partial charge in [-0.15, -0.1) is 0 Å². The van der Waals surface area contributed by atoms with Crippen LogP contribution in [0.5, 0.6) is 0 Å². The predicted molar refractivity (Wildman–Crippen MR) is 65.8 cm³/mol. The minimum Gasteiger partial charge on any atom is -0.396 e. The molecule has 90 valence electrons. The molecule has 3 heteroatoms. The van der Waals surface area contributed by atoms with Crippen molar-refractivity contribution in [2.75, 3.05) is 6.61 Å². The molecule has 0 aliphatic heterocycles. The SMILES string of the molecule is Cc1cc(=O)cc(C)n1C(CCO)C(C)C. The molecule has 0 bridgehead atoms. The smallest absolute Gasteiger partial charge is 0.182 e. The Bertz CT molecular complexity index is 381. The Morgan fingerprint density at radius 1 is 1.25 bits per heavy atom. The van der Waals surface area contributed by atoms with Crippen LogP contribution in [-0.4, -0.2) is 16.3 Å². The molecule has 3 nitrogen and oxygen atoms in total. The highest BCUT2D eigenvalue weighted by atomic mass is 16.3. The lowest BCUT2D eigenvalue weighted by molar-refractivity contribution is 0.229. The molecule has 0 spiro atoms. The van der Waals surface area contributed by atoms with Crippen molar-refractivity contribution >= 4 is 0 Å². The summed E-state index contributed by atoms with van der Waals surface area (Å²) in [7, 11) is 0. The Hall–Kier alpha value is -1.09. The predicted octanol–water partition coefficient (Wildman–Crippen LogP) is 2.04. The lowest BCUT2D eigenvalue weighted by atomic mass is 9.99. The van der Waals surface area contributed by atoms with Crippen LogP contribution in [-0.2, 0) is 0 Å². The molecule has 1 aromatic heterocycles. The second-order valence-electron chi connectivity index (χ2n) is 4.67. The van der Waals surface area contributed by atoms with Gasteiger partial charge in [0.2, 0.25) is 0 Å². The van der Waals surface area contributed by atoms with Crippen LogP contribution in [0.1, 0.15) is 37.7 Å². The summed E-state index contributed by atoms with van der Waals surface area (Å²) in [5.41, 5.74) is 1.99. The van der Waals surface area contributed by atoms with Gasteiger partial charge >= 0.3 is 0 Å². The molecule has 1 unspecified atom stereocenters. The van der Waals surface area contributed by atoms with Crippen LogP contribution in [0.4, 0.5) is 0 Å². The lowest BCUT2D eigenvalue weighted by Crippen LogP contribution is -2.23. The third kappa shape index (κ3) is 2.73. The van der Waals surface area contributed by atoms with Gasteiger partial charge in [-0.1, -0.05) is 13.8 Å². The molecule has 1 aromatic rings. The van der Waals surface area contributed by atoms with E-state index >= 15 is 0 Å². The minimum atomic E-state index is 0.0535. The first-order valence-electron chi connectivity index (χ1n) is 5.78. The second kappa shape index (κ2) is 5.30. The first kappa shape index (κ1) is 13.0. The van der Waals surface area contributed by atoms with E-state index in [0.717, 1.165) is 17.8 Å². The van der Waals surface area contributed by atoms with E-state index in [1.165, 1.54) is 0 Å². The van der Waals surface area contributed by atoms with Gasteiger partial charge in [0.15, 0.2) is 5.43 Å². The fraction of sp³-hybridized carbons (Fsp3) is 0.615. The number of pyridine rings is 1. The maximum atomic E-state index is 11.4. The van der Waals surface area contributed by atoms with E-state index < -0.39 is 0 Å². The third-order valence-corrected chi connectivity index (χ3v) is 2.99. The molecule has 0 aromatic carbocycles. The van der Waals surface area contributed by atoms with Crippen molar-refractivity contribution in [3.8, 4) is 0 Å². The number of rotatable bonds is 4. The van der Waals surface area contributed by atoms with Crippen molar-refractivity contribution in [1.29, 1.82) is 0 Å². The Kier molecular flexibility index (Phi) is 4.30. The molecule has 1 heterocycles. The van der Waals surface area contributed by atoms with E-state index in [4.69, 9.17) is 5.11 Å². The second-order valence-corrected chi connectivity index (χ2v) is 4.67. The molecule has 1 N–H and O–H groups in total. The molecular weight excluding hydrogens is 202 g/mol. The van der Waals surface area contributed by atoms with E-state index in [9.17, 15) is 4.79 Å². The maximum Gasteiger partial charge on any atom is 0.182 e. The van der Waals surface area contributed by atoms with Gasteiger partial charge in [-0.3, -0.25) is 4.79 Å². The minimum absolute atomic E-state index is 0.0535. The highest BCUT2D eigenvalue weighted by Crippen LogP contribution is 2.24. The zero-order valence-electron chi connectivity index (χ0n) is 10.5. The summed E-state index contributed by atoms with van der Waals surface area (Å²) < 4.78 is 2.16. The number of aromatic nitrogens is 1. The number of hydrogen-bond acceptors (Lipinski definition) is 2. The number of hydrogen-bond donors (Lipinski definition) is 1. The number of nitrogens with zero attached hydrogens (tertiary/aromatic N) is 1. The largest absolute Gasteiger partial charge is 0.396 e. The van der Waals surface area contributed by atoms with Gasteiger partial charge in [-0.2, -0.15) is 0 Å². The van der Waals surface area contributed by atoms with Gasteiger partial charge in [0.25, 0.3) is 0 Å². The molecule has 1 rings (SSSR count). The van der Waals surface area contributed by atoms with Crippen molar-refractivity contribution in [3.05, 3.63) is 33.7 Å². The maximum absolute atomic E-state index is 11.4. The number of aliphatic hydroxyl groups excluding tert-OH is 1. The Morgan fingerprint density at radius 2 is 1.75 bits per heavy atom. The molecule has 16 heavy (non-hydrogen) atoms. The van der Waals surface area contributed by atoms with E-state index in [0.29, 0.717) is 5.92 Å². The van der Waals surface area contributed by atoms with Gasteiger partial charge in [0, 0.05) is 36.2 Å². The average molecular weight is 223 g/mol. The summed E-state index contributed by atoms with van der Waals surface area (Å²) in [4.78, 5) is 11.4. The summed E-state index contributed by atoms with van der Waals surface area (Å²) in [5.74, 6) is 0.437. The van der Waals surface area contributed by atoms with Crippen molar-refractivity contribution in [2.24, 2.45) is 5.92 Å². The summed E-state index contributed by atoms with van der Waals surface area (Å²) >= 11 is 0. The van der Waals surface area contributed by atoms with Crippen molar-refractivity contribution in [1.82, 2.24) is 4.57 Å². The van der Waals surface area contributed by atoms with Crippen LogP contribution in [0.25, 0.3) is 0 Å². The van der Waals surface area contributed by atoms with Crippen LogP contribution >= 0.6 is 0 Å². The Morgan fingerprint density at radius 3 is 2.12 bits per heavy atom. The number of aliphatic hydroxyl groups is 1. The fourth-order valence-electron chi connectivity index (χ4n) is 2.29. The Labute approximate surface area is 96.7 Å². The van der Waals surface area contributed by atoms with Crippen LogP contribution in [0.3, 0.4) is 0 Å². The monoisotopic (exact) mass is 223 g/mol. The zero-order valence-corrected chi connectivity index (χ0v) is 10.5. The molecule has 0 saturated carbocycles. The molecule has 0 fully saturated rings.